The van der Waals surface area contributed by atoms with Crippen molar-refractivity contribution < 1.29 is 14.0 Å². The Labute approximate surface area is 180 Å². The van der Waals surface area contributed by atoms with Crippen molar-refractivity contribution in [3.05, 3.63) is 41.8 Å². The summed E-state index contributed by atoms with van der Waals surface area (Å²) in [6.07, 6.45) is 3.39. The fourth-order valence-corrected chi connectivity index (χ4v) is 4.34. The molecule has 2 aliphatic rings. The SMILES string of the molecule is CC(C)C1CC(C(=O)N2CCC(C(=O)c3cnn(-c4cccc(F)c4)c3N)CC2)NN1. The van der Waals surface area contributed by atoms with E-state index in [9.17, 15) is 14.0 Å². The molecule has 3 heterocycles. The molecule has 4 rings (SSSR count). The first-order chi connectivity index (χ1) is 14.8. The molecule has 2 unspecified atom stereocenters. The molecule has 1 aromatic carbocycles. The smallest absolute Gasteiger partial charge is 0.241 e. The van der Waals surface area contributed by atoms with Crippen molar-refractivity contribution in [2.24, 2.45) is 11.8 Å². The van der Waals surface area contributed by atoms with E-state index in [1.807, 2.05) is 4.90 Å². The molecule has 0 aliphatic carbocycles. The Morgan fingerprint density at radius 1 is 1.23 bits per heavy atom. The number of rotatable bonds is 5. The molecule has 2 atom stereocenters. The Morgan fingerprint density at radius 3 is 2.61 bits per heavy atom. The Morgan fingerprint density at radius 2 is 1.97 bits per heavy atom. The summed E-state index contributed by atoms with van der Waals surface area (Å²) < 4.78 is 14.9. The molecule has 4 N–H and O–H groups in total. The van der Waals surface area contributed by atoms with Crippen molar-refractivity contribution in [1.82, 2.24) is 25.5 Å². The van der Waals surface area contributed by atoms with Crippen LogP contribution in [0.1, 0.15) is 43.5 Å². The number of hydrogen-bond acceptors (Lipinski definition) is 6. The fraction of sp³-hybridized carbons (Fsp3) is 0.500. The fourth-order valence-electron chi connectivity index (χ4n) is 4.34. The second kappa shape index (κ2) is 8.76. The average Bonchev–Trinajstić information content (AvgIpc) is 3.40. The number of piperidine rings is 1. The number of amides is 1. The van der Waals surface area contributed by atoms with Gasteiger partial charge in [-0.1, -0.05) is 19.9 Å². The number of nitrogens with two attached hydrogens (primary N) is 1. The molecule has 0 saturated carbocycles. The summed E-state index contributed by atoms with van der Waals surface area (Å²) in [4.78, 5) is 27.7. The second-order valence-corrected chi connectivity index (χ2v) is 8.73. The van der Waals surface area contributed by atoms with Crippen molar-refractivity contribution in [2.75, 3.05) is 18.8 Å². The molecule has 1 aromatic heterocycles. The third kappa shape index (κ3) is 4.33. The van der Waals surface area contributed by atoms with Crippen molar-refractivity contribution in [2.45, 2.75) is 45.2 Å². The Bertz CT molecular complexity index is 967. The number of aromatic nitrogens is 2. The number of Topliss-reactive ketones (excluding diaryl/α,β-unsaturated/α-hetero) is 1. The number of nitrogens with one attached hydrogen (secondary N) is 2. The Balaban J connectivity index is 1.37. The quantitative estimate of drug-likeness (QED) is 0.629. The van der Waals surface area contributed by atoms with Crippen LogP contribution in [0.4, 0.5) is 10.2 Å². The molecular formula is C22H29FN6O2. The molecule has 2 aromatic rings. The number of carbonyl (C=O) groups excluding carboxylic acids is 2. The molecule has 2 aliphatic heterocycles. The summed E-state index contributed by atoms with van der Waals surface area (Å²) in [7, 11) is 0. The maximum absolute atomic E-state index is 13.5. The second-order valence-electron chi connectivity index (χ2n) is 8.73. The van der Waals surface area contributed by atoms with Crippen molar-refractivity contribution in [3.8, 4) is 5.69 Å². The normalized spacial score (nSPS) is 22.3. The molecule has 0 spiro atoms. The first-order valence-corrected chi connectivity index (χ1v) is 10.8. The maximum Gasteiger partial charge on any atom is 0.241 e. The molecule has 9 heteroatoms. The number of benzene rings is 1. The minimum absolute atomic E-state index is 0.0761. The van der Waals surface area contributed by atoms with Gasteiger partial charge in [0.05, 0.1) is 17.4 Å². The summed E-state index contributed by atoms with van der Waals surface area (Å²) in [6, 6.07) is 5.96. The van der Waals surface area contributed by atoms with Crippen LogP contribution in [0, 0.1) is 17.7 Å². The molecule has 166 valence electrons. The topological polar surface area (TPSA) is 105 Å². The van der Waals surface area contributed by atoms with Gasteiger partial charge in [-0.25, -0.2) is 14.5 Å². The highest BCUT2D eigenvalue weighted by molar-refractivity contribution is 6.01. The van der Waals surface area contributed by atoms with E-state index >= 15 is 0 Å². The van der Waals surface area contributed by atoms with Crippen LogP contribution in [-0.4, -0.2) is 51.5 Å². The number of anilines is 1. The minimum Gasteiger partial charge on any atom is -0.383 e. The van der Waals surface area contributed by atoms with Crippen LogP contribution in [0.5, 0.6) is 0 Å². The standard InChI is InChI=1S/C22H29FN6O2/c1-13(2)18-11-19(27-26-18)22(31)28-8-6-14(7-9-28)20(30)17-12-25-29(21(17)24)16-5-3-4-15(23)10-16/h3-5,10,12-14,18-19,26-27H,6-9,11,24H2,1-2H3. The Kier molecular flexibility index (Phi) is 6.06. The summed E-state index contributed by atoms with van der Waals surface area (Å²) in [5, 5.41) is 4.18. The van der Waals surface area contributed by atoms with Crippen LogP contribution in [0.25, 0.3) is 5.69 Å². The van der Waals surface area contributed by atoms with E-state index in [0.29, 0.717) is 43.1 Å². The first kappa shape index (κ1) is 21.5. The molecule has 31 heavy (non-hydrogen) atoms. The van der Waals surface area contributed by atoms with Gasteiger partial charge < -0.3 is 10.6 Å². The molecular weight excluding hydrogens is 399 g/mol. The highest BCUT2D eigenvalue weighted by Crippen LogP contribution is 2.27. The summed E-state index contributed by atoms with van der Waals surface area (Å²) in [5.74, 6) is 0.0498. The average molecular weight is 429 g/mol. The number of ketones is 1. The van der Waals surface area contributed by atoms with E-state index in [4.69, 9.17) is 5.73 Å². The zero-order chi connectivity index (χ0) is 22.1. The summed E-state index contributed by atoms with van der Waals surface area (Å²) >= 11 is 0. The third-order valence-electron chi connectivity index (χ3n) is 6.34. The molecule has 2 saturated heterocycles. The van der Waals surface area contributed by atoms with E-state index < -0.39 is 5.82 Å². The van der Waals surface area contributed by atoms with Crippen molar-refractivity contribution in [1.29, 1.82) is 0 Å². The number of nitrogens with zero attached hydrogens (tertiary/aromatic N) is 3. The van der Waals surface area contributed by atoms with Crippen molar-refractivity contribution >= 4 is 17.5 Å². The lowest BCUT2D eigenvalue weighted by Crippen LogP contribution is -2.49. The van der Waals surface area contributed by atoms with Gasteiger partial charge in [-0.3, -0.25) is 15.0 Å². The van der Waals surface area contributed by atoms with Gasteiger partial charge in [-0.2, -0.15) is 5.10 Å². The van der Waals surface area contributed by atoms with Gasteiger partial charge in [-0.05, 0) is 43.4 Å². The number of nitrogen functional groups attached to an aromatic ring is 1. The van der Waals surface area contributed by atoms with Gasteiger partial charge >= 0.3 is 0 Å². The summed E-state index contributed by atoms with van der Waals surface area (Å²) in [5.41, 5.74) is 13.3. The monoisotopic (exact) mass is 428 g/mol. The molecule has 2 fully saturated rings. The van der Waals surface area contributed by atoms with Gasteiger partial charge in [0.25, 0.3) is 0 Å². The van der Waals surface area contributed by atoms with Crippen LogP contribution in [0.2, 0.25) is 0 Å². The van der Waals surface area contributed by atoms with Crippen LogP contribution >= 0.6 is 0 Å². The largest absolute Gasteiger partial charge is 0.383 e. The predicted molar refractivity (Wildman–Crippen MR) is 115 cm³/mol. The predicted octanol–water partition coefficient (Wildman–Crippen LogP) is 1.91. The highest BCUT2D eigenvalue weighted by atomic mass is 19.1. The third-order valence-corrected chi connectivity index (χ3v) is 6.34. The molecule has 0 radical (unpaired) electrons. The van der Waals surface area contributed by atoms with Gasteiger partial charge in [0.2, 0.25) is 5.91 Å². The molecule has 0 bridgehead atoms. The van der Waals surface area contributed by atoms with Gasteiger partial charge in [0.1, 0.15) is 17.7 Å². The molecule has 8 nitrogen and oxygen atoms in total. The first-order valence-electron chi connectivity index (χ1n) is 10.8. The van der Waals surface area contributed by atoms with Gasteiger partial charge in [0.15, 0.2) is 5.78 Å². The number of carbonyl (C=O) groups is 2. The van der Waals surface area contributed by atoms with Crippen LogP contribution in [0.15, 0.2) is 30.5 Å². The lowest BCUT2D eigenvalue weighted by atomic mass is 9.89. The lowest BCUT2D eigenvalue weighted by molar-refractivity contribution is -0.134. The van der Waals surface area contributed by atoms with E-state index in [1.165, 1.54) is 23.0 Å². The Hall–Kier alpha value is -2.78. The zero-order valence-electron chi connectivity index (χ0n) is 17.8. The van der Waals surface area contributed by atoms with E-state index in [-0.39, 0.29) is 35.5 Å². The van der Waals surface area contributed by atoms with E-state index in [2.05, 4.69) is 29.8 Å². The van der Waals surface area contributed by atoms with Crippen LogP contribution < -0.4 is 16.6 Å². The minimum atomic E-state index is -0.399. The zero-order valence-corrected chi connectivity index (χ0v) is 17.8. The van der Waals surface area contributed by atoms with E-state index in [0.717, 1.165) is 6.42 Å². The number of hydrazine groups is 1. The lowest BCUT2D eigenvalue weighted by Gasteiger charge is -2.32. The van der Waals surface area contributed by atoms with Crippen LogP contribution in [0.3, 0.4) is 0 Å². The van der Waals surface area contributed by atoms with E-state index in [1.54, 1.807) is 12.1 Å². The maximum atomic E-state index is 13.5. The van der Waals surface area contributed by atoms with Gasteiger partial charge in [0, 0.05) is 25.0 Å². The van der Waals surface area contributed by atoms with Gasteiger partial charge in [-0.15, -0.1) is 0 Å². The number of halogens is 1. The number of hydrogen-bond donors (Lipinski definition) is 3. The highest BCUT2D eigenvalue weighted by Gasteiger charge is 2.36. The molecule has 1 amide bonds. The number of likely N-dealkylation sites (tertiary alicyclic amines) is 1. The summed E-state index contributed by atoms with van der Waals surface area (Å²) in [6.45, 7) is 5.34. The van der Waals surface area contributed by atoms with Crippen LogP contribution in [-0.2, 0) is 4.79 Å². The van der Waals surface area contributed by atoms with Crippen molar-refractivity contribution in [3.63, 3.8) is 0 Å².